The average molecular weight is 266 g/mol. The molecule has 0 amide bonds. The minimum Gasteiger partial charge on any atom is -0.378 e. The minimum atomic E-state index is 0.420. The second-order valence-corrected chi connectivity index (χ2v) is 7.14. The van der Waals surface area contributed by atoms with Crippen molar-refractivity contribution in [3.05, 3.63) is 0 Å². The summed E-state index contributed by atoms with van der Waals surface area (Å²) < 4.78 is 5.74. The second kappa shape index (κ2) is 5.71. The van der Waals surface area contributed by atoms with Crippen molar-refractivity contribution in [3.63, 3.8) is 0 Å². The lowest BCUT2D eigenvalue weighted by Gasteiger charge is -2.48. The summed E-state index contributed by atoms with van der Waals surface area (Å²) in [6, 6.07) is 0.648. The molecule has 3 nitrogen and oxygen atoms in total. The highest BCUT2D eigenvalue weighted by atomic mass is 16.5. The maximum atomic E-state index is 5.74. The Morgan fingerprint density at radius 3 is 2.84 bits per heavy atom. The summed E-state index contributed by atoms with van der Waals surface area (Å²) in [5.41, 5.74) is 0.420. The Morgan fingerprint density at radius 2 is 2.16 bits per heavy atom. The summed E-state index contributed by atoms with van der Waals surface area (Å²) in [7, 11) is 0. The lowest BCUT2D eigenvalue weighted by Crippen LogP contribution is -2.63. The molecule has 3 atom stereocenters. The van der Waals surface area contributed by atoms with Crippen LogP contribution in [0.15, 0.2) is 0 Å². The van der Waals surface area contributed by atoms with Crippen LogP contribution in [0.1, 0.15) is 52.4 Å². The van der Waals surface area contributed by atoms with E-state index in [4.69, 9.17) is 4.74 Å². The monoisotopic (exact) mass is 266 g/mol. The molecule has 0 aromatic heterocycles. The molecular formula is C16H30N2O. The fraction of sp³-hybridized carbons (Fsp3) is 1.00. The standard InChI is InChI=1S/C16H30N2O/c1-13-11-18(9-3-5-15-6-4-10-19-15)16(2,12-17-13)14-7-8-14/h13-15,17H,3-12H2,1-2H3. The van der Waals surface area contributed by atoms with E-state index in [0.29, 0.717) is 17.7 Å². The third-order valence-electron chi connectivity index (χ3n) is 5.46. The molecule has 2 saturated heterocycles. The molecule has 1 N–H and O–H groups in total. The van der Waals surface area contributed by atoms with E-state index in [1.165, 1.54) is 58.2 Å². The van der Waals surface area contributed by atoms with Crippen LogP contribution in [0.3, 0.4) is 0 Å². The fourth-order valence-corrected chi connectivity index (χ4v) is 3.93. The van der Waals surface area contributed by atoms with E-state index < -0.39 is 0 Å². The van der Waals surface area contributed by atoms with Gasteiger partial charge < -0.3 is 10.1 Å². The van der Waals surface area contributed by atoms with Crippen molar-refractivity contribution in [1.82, 2.24) is 10.2 Å². The molecule has 3 heteroatoms. The normalized spacial score (nSPS) is 40.7. The summed E-state index contributed by atoms with van der Waals surface area (Å²) >= 11 is 0. The highest BCUT2D eigenvalue weighted by molar-refractivity contribution is 5.04. The van der Waals surface area contributed by atoms with Gasteiger partial charge in [-0.2, -0.15) is 0 Å². The van der Waals surface area contributed by atoms with Gasteiger partial charge in [-0.1, -0.05) is 0 Å². The Balaban J connectivity index is 1.50. The number of hydrogen-bond acceptors (Lipinski definition) is 3. The Kier molecular flexibility index (Phi) is 4.16. The van der Waals surface area contributed by atoms with Gasteiger partial charge >= 0.3 is 0 Å². The van der Waals surface area contributed by atoms with Gasteiger partial charge in [-0.15, -0.1) is 0 Å². The van der Waals surface area contributed by atoms with Gasteiger partial charge in [-0.05, 0) is 64.8 Å². The highest BCUT2D eigenvalue weighted by Gasteiger charge is 2.47. The zero-order valence-electron chi connectivity index (χ0n) is 12.7. The van der Waals surface area contributed by atoms with E-state index in [1.54, 1.807) is 0 Å². The van der Waals surface area contributed by atoms with Gasteiger partial charge in [0, 0.05) is 31.3 Å². The van der Waals surface area contributed by atoms with E-state index >= 15 is 0 Å². The van der Waals surface area contributed by atoms with E-state index in [1.807, 2.05) is 0 Å². The summed E-state index contributed by atoms with van der Waals surface area (Å²) in [5, 5.41) is 3.69. The Labute approximate surface area is 118 Å². The Morgan fingerprint density at radius 1 is 1.32 bits per heavy atom. The molecule has 3 rings (SSSR count). The van der Waals surface area contributed by atoms with E-state index in [-0.39, 0.29) is 0 Å². The van der Waals surface area contributed by atoms with Gasteiger partial charge in [0.2, 0.25) is 0 Å². The van der Waals surface area contributed by atoms with Gasteiger partial charge in [-0.25, -0.2) is 0 Å². The maximum absolute atomic E-state index is 5.74. The van der Waals surface area contributed by atoms with Crippen LogP contribution in [0.25, 0.3) is 0 Å². The predicted molar refractivity (Wildman–Crippen MR) is 78.4 cm³/mol. The van der Waals surface area contributed by atoms with Crippen molar-refractivity contribution in [1.29, 1.82) is 0 Å². The molecule has 0 aromatic carbocycles. The molecule has 0 bridgehead atoms. The first kappa shape index (κ1) is 13.8. The second-order valence-electron chi connectivity index (χ2n) is 7.14. The highest BCUT2D eigenvalue weighted by Crippen LogP contribution is 2.44. The van der Waals surface area contributed by atoms with Crippen LogP contribution in [0.2, 0.25) is 0 Å². The van der Waals surface area contributed by atoms with Crippen LogP contribution >= 0.6 is 0 Å². The molecule has 2 aliphatic heterocycles. The van der Waals surface area contributed by atoms with Gasteiger partial charge in [0.1, 0.15) is 0 Å². The van der Waals surface area contributed by atoms with Crippen molar-refractivity contribution < 1.29 is 4.74 Å². The van der Waals surface area contributed by atoms with Crippen LogP contribution in [0, 0.1) is 5.92 Å². The third kappa shape index (κ3) is 3.14. The molecule has 1 saturated carbocycles. The summed E-state index contributed by atoms with van der Waals surface area (Å²) in [6.45, 7) is 9.46. The number of hydrogen-bond donors (Lipinski definition) is 1. The first-order valence-corrected chi connectivity index (χ1v) is 8.28. The number of nitrogens with zero attached hydrogens (tertiary/aromatic N) is 1. The van der Waals surface area contributed by atoms with E-state index in [9.17, 15) is 0 Å². The molecule has 110 valence electrons. The van der Waals surface area contributed by atoms with Crippen LogP contribution in [-0.2, 0) is 4.74 Å². The molecular weight excluding hydrogens is 236 g/mol. The molecule has 2 heterocycles. The lowest BCUT2D eigenvalue weighted by molar-refractivity contribution is 0.0312. The third-order valence-corrected chi connectivity index (χ3v) is 5.46. The van der Waals surface area contributed by atoms with E-state index in [2.05, 4.69) is 24.1 Å². The van der Waals surface area contributed by atoms with Crippen molar-refractivity contribution in [3.8, 4) is 0 Å². The average Bonchev–Trinajstić information content (AvgIpc) is 3.13. The lowest BCUT2D eigenvalue weighted by atomic mass is 9.89. The molecule has 3 unspecified atom stereocenters. The quantitative estimate of drug-likeness (QED) is 0.827. The first-order valence-electron chi connectivity index (χ1n) is 8.28. The zero-order valence-corrected chi connectivity index (χ0v) is 12.7. The first-order chi connectivity index (χ1) is 9.18. The summed E-state index contributed by atoms with van der Waals surface area (Å²) in [5.74, 6) is 0.940. The number of piperazine rings is 1. The van der Waals surface area contributed by atoms with E-state index in [0.717, 1.165) is 12.5 Å². The smallest absolute Gasteiger partial charge is 0.0576 e. The molecule has 0 aromatic rings. The molecule has 1 aliphatic carbocycles. The van der Waals surface area contributed by atoms with Crippen molar-refractivity contribution in [2.45, 2.75) is 70.1 Å². The molecule has 0 radical (unpaired) electrons. The molecule has 3 aliphatic rings. The predicted octanol–water partition coefficient (Wildman–Crippen LogP) is 2.41. The van der Waals surface area contributed by atoms with Gasteiger partial charge in [-0.3, -0.25) is 4.90 Å². The van der Waals surface area contributed by atoms with Gasteiger partial charge in [0.05, 0.1) is 6.10 Å². The largest absolute Gasteiger partial charge is 0.378 e. The number of nitrogens with one attached hydrogen (secondary N) is 1. The fourth-order valence-electron chi connectivity index (χ4n) is 3.93. The van der Waals surface area contributed by atoms with Crippen LogP contribution < -0.4 is 5.32 Å². The van der Waals surface area contributed by atoms with Crippen LogP contribution in [0.4, 0.5) is 0 Å². The van der Waals surface area contributed by atoms with Crippen molar-refractivity contribution >= 4 is 0 Å². The summed E-state index contributed by atoms with van der Waals surface area (Å²) in [4.78, 5) is 2.78. The SMILES string of the molecule is CC1CN(CCCC2CCCO2)C(C)(C2CC2)CN1. The minimum absolute atomic E-state index is 0.420. The number of rotatable bonds is 5. The van der Waals surface area contributed by atoms with Crippen LogP contribution in [0.5, 0.6) is 0 Å². The van der Waals surface area contributed by atoms with Gasteiger partial charge in [0.15, 0.2) is 0 Å². The Bertz CT molecular complexity index is 299. The molecule has 0 spiro atoms. The van der Waals surface area contributed by atoms with Crippen molar-refractivity contribution in [2.75, 3.05) is 26.2 Å². The Hall–Kier alpha value is -0.120. The maximum Gasteiger partial charge on any atom is 0.0576 e. The number of ether oxygens (including phenoxy) is 1. The van der Waals surface area contributed by atoms with Crippen LogP contribution in [-0.4, -0.2) is 48.8 Å². The van der Waals surface area contributed by atoms with Gasteiger partial charge in [0.25, 0.3) is 0 Å². The summed E-state index contributed by atoms with van der Waals surface area (Å²) in [6.07, 6.45) is 8.57. The zero-order chi connectivity index (χ0) is 13.3. The topological polar surface area (TPSA) is 24.5 Å². The molecule has 19 heavy (non-hydrogen) atoms. The van der Waals surface area contributed by atoms with Crippen molar-refractivity contribution in [2.24, 2.45) is 5.92 Å². The molecule has 3 fully saturated rings.